The Kier molecular flexibility index (Phi) is 5.05. The van der Waals surface area contributed by atoms with Gasteiger partial charge in [0.05, 0.1) is 5.39 Å². The van der Waals surface area contributed by atoms with Crippen LogP contribution in [0.25, 0.3) is 10.8 Å². The number of phenolic OH excluding ortho intramolecular Hbond substituents is 1. The van der Waals surface area contributed by atoms with Crippen LogP contribution < -0.4 is 17.8 Å². The molecule has 14 heavy (non-hydrogen) atoms. The molecule has 0 amide bonds. The van der Waals surface area contributed by atoms with Gasteiger partial charge in [0.25, 0.3) is 0 Å². The van der Waals surface area contributed by atoms with E-state index in [9.17, 15) is 5.11 Å². The van der Waals surface area contributed by atoms with Crippen molar-refractivity contribution < 1.29 is 22.9 Å². The maximum absolute atomic E-state index is 9.37. The van der Waals surface area contributed by atoms with Gasteiger partial charge in [0.1, 0.15) is 5.75 Å². The van der Waals surface area contributed by atoms with E-state index in [1.165, 1.54) is 0 Å². The van der Waals surface area contributed by atoms with E-state index in [0.717, 1.165) is 10.8 Å². The van der Waals surface area contributed by atoms with Crippen molar-refractivity contribution in [3.8, 4) is 5.75 Å². The Morgan fingerprint density at radius 1 is 0.929 bits per heavy atom. The largest absolute Gasteiger partial charge is 1.00 e. The minimum Gasteiger partial charge on any atom is -1.00 e. The minimum absolute atomic E-state index is 0. The summed E-state index contributed by atoms with van der Waals surface area (Å²) in [7, 11) is 0. The van der Waals surface area contributed by atoms with Gasteiger partial charge >= 0.3 is 0 Å². The molecule has 0 atom stereocenters. The molecule has 2 rings (SSSR count). The summed E-state index contributed by atoms with van der Waals surface area (Å²) in [6, 6.07) is 13.3. The van der Waals surface area contributed by atoms with Crippen LogP contribution >= 0.6 is 0 Å². The Morgan fingerprint density at radius 2 is 1.50 bits per heavy atom. The smallest absolute Gasteiger partial charge is 0.212 e. The van der Waals surface area contributed by atoms with Gasteiger partial charge in [-0.05, 0) is 11.5 Å². The molecular formula is C10H9ClN2O. The number of halogens is 1. The summed E-state index contributed by atoms with van der Waals surface area (Å²) in [6.07, 6.45) is 0. The van der Waals surface area contributed by atoms with E-state index in [4.69, 9.17) is 10.8 Å². The highest BCUT2D eigenvalue weighted by Gasteiger charge is 1.94. The Labute approximate surface area is 87.8 Å². The van der Waals surface area contributed by atoms with Gasteiger partial charge in [-0.15, -0.1) is 0 Å². The molecule has 4 heteroatoms. The number of hydrogen-bond acceptors (Lipinski definition) is 2. The first kappa shape index (κ1) is 12.2. The molecule has 2 N–H and O–H groups in total. The summed E-state index contributed by atoms with van der Waals surface area (Å²) in [4.78, 5) is 0. The molecule has 0 saturated carbocycles. The van der Waals surface area contributed by atoms with Crippen LogP contribution in [0.1, 0.15) is 0 Å². The predicted molar refractivity (Wildman–Crippen MR) is 48.3 cm³/mol. The van der Waals surface area contributed by atoms with E-state index in [1.807, 2.05) is 36.4 Å². The first-order chi connectivity index (χ1) is 6.38. The zero-order chi connectivity index (χ0) is 9.68. The normalized spacial score (nSPS) is 8.14. The van der Waals surface area contributed by atoms with Crippen LogP contribution in [0, 0.1) is 5.39 Å². The van der Waals surface area contributed by atoms with E-state index in [2.05, 4.69) is 0 Å². The highest BCUT2D eigenvalue weighted by Crippen LogP contribution is 2.22. The number of phenols is 1. The molecule has 0 fully saturated rings. The predicted octanol–water partition coefficient (Wildman–Crippen LogP) is -2.17. The van der Waals surface area contributed by atoms with Crippen LogP contribution in [0.2, 0.25) is 0 Å². The molecule has 0 aliphatic rings. The monoisotopic (exact) mass is 208 g/mol. The second-order valence-corrected chi connectivity index (χ2v) is 2.50. The summed E-state index contributed by atoms with van der Waals surface area (Å²) in [6.45, 7) is 0. The molecule has 3 nitrogen and oxygen atoms in total. The van der Waals surface area contributed by atoms with Crippen LogP contribution in [0.4, 0.5) is 0 Å². The zero-order valence-electron chi connectivity index (χ0n) is 7.31. The molecule has 0 aliphatic carbocycles. The van der Waals surface area contributed by atoms with Crippen molar-refractivity contribution in [3.05, 3.63) is 42.5 Å². The van der Waals surface area contributed by atoms with E-state index >= 15 is 0 Å². The fourth-order valence-corrected chi connectivity index (χ4v) is 1.21. The van der Waals surface area contributed by atoms with Crippen molar-refractivity contribution in [3.63, 3.8) is 0 Å². The topological polar surface area (TPSA) is 67.8 Å². The van der Waals surface area contributed by atoms with Crippen molar-refractivity contribution in [1.29, 1.82) is 5.39 Å². The molecule has 0 unspecified atom stereocenters. The van der Waals surface area contributed by atoms with Gasteiger partial charge < -0.3 is 17.5 Å². The summed E-state index contributed by atoms with van der Waals surface area (Å²) in [5.74, 6) is 0.350. The van der Waals surface area contributed by atoms with Gasteiger partial charge in [-0.25, -0.2) is 0 Å². The third kappa shape index (κ3) is 2.35. The number of aromatic hydroxyl groups is 1. The fourth-order valence-electron chi connectivity index (χ4n) is 1.21. The number of nitrogens with zero attached hydrogens (tertiary/aromatic N) is 1. The van der Waals surface area contributed by atoms with E-state index in [0.29, 0.717) is 5.75 Å². The Morgan fingerprint density at radius 3 is 2.14 bits per heavy atom. The molecule has 0 radical (unpaired) electrons. The summed E-state index contributed by atoms with van der Waals surface area (Å²) < 4.78 is 0. The number of hydrogen-bond donors (Lipinski definition) is 2. The lowest BCUT2D eigenvalue weighted by atomic mass is 10.1. The van der Waals surface area contributed by atoms with Gasteiger partial charge in [-0.1, -0.05) is 36.4 Å². The van der Waals surface area contributed by atoms with Crippen LogP contribution in [-0.4, -0.2) is 5.11 Å². The summed E-state index contributed by atoms with van der Waals surface area (Å²) >= 11 is 0. The zero-order valence-corrected chi connectivity index (χ0v) is 8.07. The number of benzene rings is 2. The van der Waals surface area contributed by atoms with E-state index in [-0.39, 0.29) is 12.4 Å². The van der Waals surface area contributed by atoms with Gasteiger partial charge in [0, 0.05) is 5.39 Å². The first-order valence-corrected chi connectivity index (χ1v) is 3.77. The lowest BCUT2D eigenvalue weighted by Gasteiger charge is -1.97. The SMILES string of the molecule is N#[NH+].Oc1cccc2ccccc12.[Cl-]. The average Bonchev–Trinajstić information content (AvgIpc) is 2.22. The molecule has 2 aromatic rings. The second kappa shape index (κ2) is 5.79. The van der Waals surface area contributed by atoms with Crippen molar-refractivity contribution in [2.24, 2.45) is 0 Å². The van der Waals surface area contributed by atoms with Gasteiger partial charge in [0.15, 0.2) is 0 Å². The molecule has 2 aromatic carbocycles. The molecule has 0 spiro atoms. The third-order valence-corrected chi connectivity index (χ3v) is 1.77. The number of fused-ring (bicyclic) bond motifs is 1. The lowest BCUT2D eigenvalue weighted by molar-refractivity contribution is -0.175. The molecule has 0 bridgehead atoms. The molecule has 0 heterocycles. The maximum atomic E-state index is 9.37. The van der Waals surface area contributed by atoms with Gasteiger partial charge in [-0.3, -0.25) is 0 Å². The van der Waals surface area contributed by atoms with Gasteiger partial charge in [0.2, 0.25) is 5.39 Å². The molecular weight excluding hydrogens is 200 g/mol. The van der Waals surface area contributed by atoms with Crippen molar-refractivity contribution in [1.82, 2.24) is 0 Å². The maximum Gasteiger partial charge on any atom is 0.212 e. The van der Waals surface area contributed by atoms with Crippen molar-refractivity contribution >= 4 is 10.8 Å². The molecule has 0 aliphatic heterocycles. The van der Waals surface area contributed by atoms with Crippen LogP contribution in [0.3, 0.4) is 0 Å². The Balaban J connectivity index is 0.000000531. The van der Waals surface area contributed by atoms with Gasteiger partial charge in [-0.2, -0.15) is 0 Å². The number of nitrogens with one attached hydrogen (secondary N) is 1. The van der Waals surface area contributed by atoms with Crippen molar-refractivity contribution in [2.75, 3.05) is 0 Å². The fraction of sp³-hybridized carbons (Fsp3) is 0. The first-order valence-electron chi connectivity index (χ1n) is 3.77. The molecule has 0 aromatic heterocycles. The van der Waals surface area contributed by atoms with Crippen molar-refractivity contribution in [2.45, 2.75) is 0 Å². The highest BCUT2D eigenvalue weighted by atomic mass is 35.5. The lowest BCUT2D eigenvalue weighted by Crippen LogP contribution is -3.00. The third-order valence-electron chi connectivity index (χ3n) is 1.77. The highest BCUT2D eigenvalue weighted by molar-refractivity contribution is 5.87. The number of diazo groups is 1. The van der Waals surface area contributed by atoms with Crippen LogP contribution in [0.15, 0.2) is 42.5 Å². The molecule has 72 valence electrons. The average molecular weight is 209 g/mol. The molecule has 0 saturated heterocycles. The quantitative estimate of drug-likeness (QED) is 0.484. The van der Waals surface area contributed by atoms with E-state index in [1.54, 1.807) is 6.07 Å². The minimum atomic E-state index is 0. The van der Waals surface area contributed by atoms with Crippen LogP contribution in [0.5, 0.6) is 5.75 Å². The Bertz CT molecular complexity index is 423. The summed E-state index contributed by atoms with van der Waals surface area (Å²) in [5, 5.41) is 22.4. The van der Waals surface area contributed by atoms with E-state index < -0.39 is 0 Å². The number of rotatable bonds is 0. The van der Waals surface area contributed by atoms with Crippen LogP contribution in [-0.2, 0) is 0 Å². The summed E-state index contributed by atoms with van der Waals surface area (Å²) in [5.41, 5.74) is 0. The Hall–Kier alpha value is -1.79. The standard InChI is InChI=1S/C10H8O.ClH.N2/c11-10-7-3-5-8-4-1-2-6-9(8)10;;1-2/h1-7,11H;1H;. The second-order valence-electron chi connectivity index (χ2n) is 2.50.